The van der Waals surface area contributed by atoms with Crippen molar-refractivity contribution in [3.8, 4) is 0 Å². The third kappa shape index (κ3) is 2.76. The number of rotatable bonds is 2. The van der Waals surface area contributed by atoms with E-state index in [0.717, 1.165) is 5.92 Å². The van der Waals surface area contributed by atoms with Gasteiger partial charge in [-0.25, -0.2) is 0 Å². The molecule has 0 N–H and O–H groups in total. The zero-order valence-corrected chi connectivity index (χ0v) is 12.4. The Morgan fingerprint density at radius 3 is 2.56 bits per heavy atom. The lowest BCUT2D eigenvalue weighted by atomic mass is 9.77. The topological polar surface area (TPSA) is 12.9 Å². The summed E-state index contributed by atoms with van der Waals surface area (Å²) in [6.07, 6.45) is 8.74. The smallest absolute Gasteiger partial charge is 0.0466 e. The molecular formula is C17H27N. The molecule has 1 heteroatoms. The predicted molar refractivity (Wildman–Crippen MR) is 78.1 cm³/mol. The van der Waals surface area contributed by atoms with Gasteiger partial charge >= 0.3 is 0 Å². The van der Waals surface area contributed by atoms with Crippen molar-refractivity contribution in [1.82, 2.24) is 4.98 Å². The standard InChI is InChI=1S/C17H27N/c1-12(2)15-9-7-5-6-8-14-10-11-18-17(13(3)4)16(14)15/h10-13,15H,5-9H2,1-4H3. The van der Waals surface area contributed by atoms with Crippen molar-refractivity contribution in [2.45, 2.75) is 71.6 Å². The largest absolute Gasteiger partial charge is 0.261 e. The van der Waals surface area contributed by atoms with Crippen LogP contribution in [-0.4, -0.2) is 4.98 Å². The molecule has 0 saturated heterocycles. The highest BCUT2D eigenvalue weighted by atomic mass is 14.7. The second-order valence-corrected chi connectivity index (χ2v) is 6.37. The van der Waals surface area contributed by atoms with Crippen molar-refractivity contribution in [2.24, 2.45) is 5.92 Å². The quantitative estimate of drug-likeness (QED) is 0.709. The lowest BCUT2D eigenvalue weighted by Gasteiger charge is -2.29. The van der Waals surface area contributed by atoms with Crippen LogP contribution in [0.5, 0.6) is 0 Å². The average Bonchev–Trinajstić information content (AvgIpc) is 2.28. The Labute approximate surface area is 112 Å². The normalized spacial score (nSPS) is 20.7. The SMILES string of the molecule is CC(C)c1nccc2c1C(C(C)C)CCCCC2. The Morgan fingerprint density at radius 2 is 1.89 bits per heavy atom. The minimum atomic E-state index is 0.542. The van der Waals surface area contributed by atoms with Crippen LogP contribution in [-0.2, 0) is 6.42 Å². The molecule has 0 saturated carbocycles. The second-order valence-electron chi connectivity index (χ2n) is 6.37. The molecule has 0 radical (unpaired) electrons. The highest BCUT2D eigenvalue weighted by molar-refractivity contribution is 5.36. The first-order chi connectivity index (χ1) is 8.61. The van der Waals surface area contributed by atoms with Crippen LogP contribution in [0.25, 0.3) is 0 Å². The summed E-state index contributed by atoms with van der Waals surface area (Å²) in [6, 6.07) is 2.27. The van der Waals surface area contributed by atoms with Gasteiger partial charge in [0.25, 0.3) is 0 Å². The van der Waals surface area contributed by atoms with Gasteiger partial charge in [0.2, 0.25) is 0 Å². The Bertz CT molecular complexity index is 393. The number of aromatic nitrogens is 1. The van der Waals surface area contributed by atoms with Crippen molar-refractivity contribution in [3.05, 3.63) is 29.1 Å². The van der Waals surface area contributed by atoms with Gasteiger partial charge in [0.05, 0.1) is 0 Å². The number of nitrogens with zero attached hydrogens (tertiary/aromatic N) is 1. The molecule has 1 aliphatic rings. The summed E-state index contributed by atoms with van der Waals surface area (Å²) in [5, 5.41) is 0. The molecule has 100 valence electrons. The van der Waals surface area contributed by atoms with E-state index >= 15 is 0 Å². The van der Waals surface area contributed by atoms with Crippen LogP contribution < -0.4 is 0 Å². The monoisotopic (exact) mass is 245 g/mol. The summed E-state index contributed by atoms with van der Waals surface area (Å²) in [5.74, 6) is 1.98. The van der Waals surface area contributed by atoms with E-state index in [9.17, 15) is 0 Å². The molecule has 0 aliphatic heterocycles. The van der Waals surface area contributed by atoms with Crippen molar-refractivity contribution >= 4 is 0 Å². The zero-order valence-electron chi connectivity index (χ0n) is 12.4. The van der Waals surface area contributed by atoms with Crippen molar-refractivity contribution in [2.75, 3.05) is 0 Å². The number of hydrogen-bond donors (Lipinski definition) is 0. The first-order valence-electron chi connectivity index (χ1n) is 7.59. The van der Waals surface area contributed by atoms with Crippen LogP contribution in [0.4, 0.5) is 0 Å². The molecule has 1 unspecified atom stereocenters. The summed E-state index contributed by atoms with van der Waals surface area (Å²) in [7, 11) is 0. The second kappa shape index (κ2) is 5.86. The van der Waals surface area contributed by atoms with Crippen molar-refractivity contribution < 1.29 is 0 Å². The zero-order chi connectivity index (χ0) is 13.1. The number of pyridine rings is 1. The van der Waals surface area contributed by atoms with Crippen LogP contribution >= 0.6 is 0 Å². The fourth-order valence-corrected chi connectivity index (χ4v) is 3.31. The molecule has 18 heavy (non-hydrogen) atoms. The Balaban J connectivity index is 2.51. The number of aryl methyl sites for hydroxylation is 1. The van der Waals surface area contributed by atoms with Gasteiger partial charge in [-0.15, -0.1) is 0 Å². The third-order valence-corrected chi connectivity index (χ3v) is 4.29. The van der Waals surface area contributed by atoms with Crippen molar-refractivity contribution in [1.29, 1.82) is 0 Å². The molecular weight excluding hydrogens is 218 g/mol. The predicted octanol–water partition coefficient (Wildman–Crippen LogP) is 5.06. The summed E-state index contributed by atoms with van der Waals surface area (Å²) in [6.45, 7) is 9.29. The van der Waals surface area contributed by atoms with Crippen LogP contribution in [0.2, 0.25) is 0 Å². The first-order valence-corrected chi connectivity index (χ1v) is 7.59. The molecule has 1 aromatic heterocycles. The Kier molecular flexibility index (Phi) is 4.42. The van der Waals surface area contributed by atoms with Gasteiger partial charge in [-0.05, 0) is 54.2 Å². The fraction of sp³-hybridized carbons (Fsp3) is 0.706. The van der Waals surface area contributed by atoms with Crippen LogP contribution in [0.15, 0.2) is 12.3 Å². The molecule has 0 amide bonds. The Hall–Kier alpha value is -0.850. The van der Waals surface area contributed by atoms with Crippen LogP contribution in [0.3, 0.4) is 0 Å². The van der Waals surface area contributed by atoms with Crippen LogP contribution in [0, 0.1) is 5.92 Å². The number of fused-ring (bicyclic) bond motifs is 1. The summed E-state index contributed by atoms with van der Waals surface area (Å²) in [4.78, 5) is 4.70. The van der Waals surface area contributed by atoms with E-state index in [-0.39, 0.29) is 0 Å². The van der Waals surface area contributed by atoms with Gasteiger partial charge in [0, 0.05) is 11.9 Å². The fourth-order valence-electron chi connectivity index (χ4n) is 3.31. The minimum Gasteiger partial charge on any atom is -0.261 e. The van der Waals surface area contributed by atoms with Gasteiger partial charge < -0.3 is 0 Å². The van der Waals surface area contributed by atoms with Crippen molar-refractivity contribution in [3.63, 3.8) is 0 Å². The molecule has 1 nitrogen and oxygen atoms in total. The molecule has 1 heterocycles. The molecule has 0 fully saturated rings. The maximum Gasteiger partial charge on any atom is 0.0466 e. The minimum absolute atomic E-state index is 0.542. The molecule has 0 bridgehead atoms. The molecule has 2 rings (SSSR count). The first kappa shape index (κ1) is 13.6. The van der Waals surface area contributed by atoms with Gasteiger partial charge in [-0.3, -0.25) is 4.98 Å². The lowest BCUT2D eigenvalue weighted by molar-refractivity contribution is 0.426. The molecule has 1 aromatic rings. The highest BCUT2D eigenvalue weighted by Gasteiger charge is 2.24. The summed E-state index contributed by atoms with van der Waals surface area (Å²) < 4.78 is 0. The number of hydrogen-bond acceptors (Lipinski definition) is 1. The highest BCUT2D eigenvalue weighted by Crippen LogP contribution is 2.38. The van der Waals surface area contributed by atoms with Gasteiger partial charge in [0.1, 0.15) is 0 Å². The average molecular weight is 245 g/mol. The Morgan fingerprint density at radius 1 is 1.11 bits per heavy atom. The van der Waals surface area contributed by atoms with E-state index in [0.29, 0.717) is 11.8 Å². The third-order valence-electron chi connectivity index (χ3n) is 4.29. The van der Waals surface area contributed by atoms with E-state index in [2.05, 4.69) is 33.8 Å². The molecule has 1 aliphatic carbocycles. The molecule has 0 aromatic carbocycles. The van der Waals surface area contributed by atoms with E-state index in [1.165, 1.54) is 37.8 Å². The van der Waals surface area contributed by atoms with Gasteiger partial charge in [-0.1, -0.05) is 40.5 Å². The summed E-state index contributed by atoms with van der Waals surface area (Å²) >= 11 is 0. The van der Waals surface area contributed by atoms with Crippen LogP contribution in [0.1, 0.15) is 82.0 Å². The maximum atomic E-state index is 4.70. The van der Waals surface area contributed by atoms with E-state index < -0.39 is 0 Å². The van der Waals surface area contributed by atoms with E-state index in [1.54, 1.807) is 11.1 Å². The van der Waals surface area contributed by atoms with Gasteiger partial charge in [-0.2, -0.15) is 0 Å². The maximum absolute atomic E-state index is 4.70. The van der Waals surface area contributed by atoms with Gasteiger partial charge in [0.15, 0.2) is 0 Å². The van der Waals surface area contributed by atoms with E-state index in [4.69, 9.17) is 4.98 Å². The van der Waals surface area contributed by atoms with E-state index in [1.807, 2.05) is 6.20 Å². The lowest BCUT2D eigenvalue weighted by Crippen LogP contribution is -2.16. The molecule has 1 atom stereocenters. The summed E-state index contributed by atoms with van der Waals surface area (Å²) in [5.41, 5.74) is 4.53. The molecule has 0 spiro atoms.